The van der Waals surface area contributed by atoms with E-state index in [1.54, 1.807) is 13.0 Å². The van der Waals surface area contributed by atoms with Crippen LogP contribution in [0.5, 0.6) is 0 Å². The predicted octanol–water partition coefficient (Wildman–Crippen LogP) is 2.61. The van der Waals surface area contributed by atoms with Crippen LogP contribution in [0.4, 0.5) is 5.69 Å². The number of nitrogens with one attached hydrogen (secondary N) is 2. The lowest BCUT2D eigenvalue weighted by Crippen LogP contribution is -2.20. The summed E-state index contributed by atoms with van der Waals surface area (Å²) in [4.78, 5) is 31.0. The minimum Gasteiger partial charge on any atom is -0.396 e. The van der Waals surface area contributed by atoms with Crippen LogP contribution >= 0.6 is 23.4 Å². The highest BCUT2D eigenvalue weighted by Gasteiger charge is 2.12. The van der Waals surface area contributed by atoms with E-state index in [1.807, 2.05) is 19.9 Å². The highest BCUT2D eigenvalue weighted by Crippen LogP contribution is 2.27. The van der Waals surface area contributed by atoms with Gasteiger partial charge in [-0.05, 0) is 38.0 Å². The van der Waals surface area contributed by atoms with Gasteiger partial charge < -0.3 is 15.4 Å². The Hall–Kier alpha value is -1.83. The molecule has 0 spiro atoms. The van der Waals surface area contributed by atoms with E-state index in [0.717, 1.165) is 22.9 Å². The first kappa shape index (κ1) is 19.5. The van der Waals surface area contributed by atoms with E-state index in [1.165, 1.54) is 0 Å². The minimum absolute atomic E-state index is 0.0887. The molecule has 25 heavy (non-hydrogen) atoms. The van der Waals surface area contributed by atoms with Gasteiger partial charge in [0.1, 0.15) is 0 Å². The molecular formula is C17H20ClN3O3S. The van der Waals surface area contributed by atoms with Crippen molar-refractivity contribution in [3.05, 3.63) is 49.9 Å². The van der Waals surface area contributed by atoms with Crippen molar-refractivity contribution in [1.29, 1.82) is 0 Å². The number of hydrogen-bond donors (Lipinski definition) is 3. The largest absolute Gasteiger partial charge is 0.396 e. The van der Waals surface area contributed by atoms with Crippen LogP contribution in [0.15, 0.2) is 22.1 Å². The van der Waals surface area contributed by atoms with Gasteiger partial charge in [-0.1, -0.05) is 29.4 Å². The second-order valence-corrected chi connectivity index (χ2v) is 7.06. The van der Waals surface area contributed by atoms with Crippen molar-refractivity contribution in [2.75, 3.05) is 17.7 Å². The van der Waals surface area contributed by atoms with E-state index in [4.69, 9.17) is 16.7 Å². The van der Waals surface area contributed by atoms with Gasteiger partial charge in [0, 0.05) is 24.3 Å². The molecular weight excluding hydrogens is 362 g/mol. The van der Waals surface area contributed by atoms with Crippen LogP contribution in [0.3, 0.4) is 0 Å². The monoisotopic (exact) mass is 381 g/mol. The SMILES string of the molecule is Cc1cc(C)c(NC(=O)CSc2nc(C)c(CCO)c(=O)[nH]2)c(Cl)c1. The van der Waals surface area contributed by atoms with Crippen molar-refractivity contribution >= 4 is 35.0 Å². The van der Waals surface area contributed by atoms with Crippen LogP contribution in [0.25, 0.3) is 0 Å². The average molecular weight is 382 g/mol. The summed E-state index contributed by atoms with van der Waals surface area (Å²) in [6, 6.07) is 3.73. The summed E-state index contributed by atoms with van der Waals surface area (Å²) in [6.07, 6.45) is 0.255. The van der Waals surface area contributed by atoms with Crippen LogP contribution in [-0.4, -0.2) is 33.3 Å². The fourth-order valence-electron chi connectivity index (χ4n) is 2.44. The predicted molar refractivity (Wildman–Crippen MR) is 101 cm³/mol. The number of aromatic amines is 1. The quantitative estimate of drug-likeness (QED) is 0.528. The molecule has 0 bridgehead atoms. The van der Waals surface area contributed by atoms with E-state index in [0.29, 0.717) is 27.1 Å². The maximum Gasteiger partial charge on any atom is 0.255 e. The molecule has 1 aromatic heterocycles. The lowest BCUT2D eigenvalue weighted by molar-refractivity contribution is -0.113. The van der Waals surface area contributed by atoms with Gasteiger partial charge in [-0.25, -0.2) is 4.98 Å². The number of carbonyl (C=O) groups is 1. The molecule has 0 aliphatic rings. The van der Waals surface area contributed by atoms with Gasteiger partial charge in [0.05, 0.1) is 16.5 Å². The molecule has 0 aliphatic heterocycles. The first-order valence-corrected chi connectivity index (χ1v) is 9.08. The number of aliphatic hydroxyl groups is 1. The molecule has 1 heterocycles. The number of benzene rings is 1. The Bertz CT molecular complexity index is 829. The minimum atomic E-state index is -0.290. The van der Waals surface area contributed by atoms with Crippen molar-refractivity contribution < 1.29 is 9.90 Å². The van der Waals surface area contributed by atoms with Crippen LogP contribution < -0.4 is 10.9 Å². The molecule has 8 heteroatoms. The highest BCUT2D eigenvalue weighted by atomic mass is 35.5. The molecule has 0 atom stereocenters. The third-order valence-electron chi connectivity index (χ3n) is 3.60. The molecule has 3 N–H and O–H groups in total. The zero-order chi connectivity index (χ0) is 18.6. The van der Waals surface area contributed by atoms with Gasteiger partial charge in [-0.2, -0.15) is 0 Å². The van der Waals surface area contributed by atoms with E-state index in [2.05, 4.69) is 15.3 Å². The van der Waals surface area contributed by atoms with Gasteiger partial charge in [0.15, 0.2) is 5.16 Å². The first-order valence-electron chi connectivity index (χ1n) is 7.72. The summed E-state index contributed by atoms with van der Waals surface area (Å²) < 4.78 is 0. The molecule has 2 aromatic rings. The molecule has 0 unspecified atom stereocenters. The number of aryl methyl sites for hydroxylation is 3. The number of hydrogen-bond acceptors (Lipinski definition) is 5. The fraction of sp³-hybridized carbons (Fsp3) is 0.353. The van der Waals surface area contributed by atoms with Crippen molar-refractivity contribution in [3.63, 3.8) is 0 Å². The number of rotatable bonds is 6. The number of aliphatic hydroxyl groups excluding tert-OH is 1. The summed E-state index contributed by atoms with van der Waals surface area (Å²) in [5.41, 5.74) is 3.22. The summed E-state index contributed by atoms with van der Waals surface area (Å²) >= 11 is 7.32. The van der Waals surface area contributed by atoms with Gasteiger partial charge in [-0.15, -0.1) is 0 Å². The Morgan fingerprint density at radius 2 is 2.08 bits per heavy atom. The lowest BCUT2D eigenvalue weighted by Gasteiger charge is -2.11. The Balaban J connectivity index is 2.05. The first-order chi connectivity index (χ1) is 11.8. The standard InChI is InChI=1S/C17H20ClN3O3S/c1-9-6-10(2)15(13(18)7-9)20-14(23)8-25-17-19-11(3)12(4-5-22)16(24)21-17/h6-7,22H,4-5,8H2,1-3H3,(H,20,23)(H,19,21,24). The molecule has 0 fully saturated rings. The number of nitrogens with zero attached hydrogens (tertiary/aromatic N) is 1. The van der Waals surface area contributed by atoms with Crippen LogP contribution in [0, 0.1) is 20.8 Å². The molecule has 1 aromatic carbocycles. The summed E-state index contributed by atoms with van der Waals surface area (Å²) in [5.74, 6) is -0.149. The summed E-state index contributed by atoms with van der Waals surface area (Å²) in [6.45, 7) is 5.41. The number of H-pyrrole nitrogens is 1. The van der Waals surface area contributed by atoms with E-state index in [-0.39, 0.29) is 30.2 Å². The Kier molecular flexibility index (Phi) is 6.64. The summed E-state index contributed by atoms with van der Waals surface area (Å²) in [7, 11) is 0. The molecule has 0 radical (unpaired) electrons. The van der Waals surface area contributed by atoms with Crippen molar-refractivity contribution in [2.45, 2.75) is 32.3 Å². The topological polar surface area (TPSA) is 95.1 Å². The Labute approximate surface area is 155 Å². The third kappa shape index (κ3) is 5.07. The van der Waals surface area contributed by atoms with E-state index in [9.17, 15) is 9.59 Å². The third-order valence-corrected chi connectivity index (χ3v) is 4.77. The van der Waals surface area contributed by atoms with Crippen LogP contribution in [0.2, 0.25) is 5.02 Å². The number of amides is 1. The molecule has 0 aliphatic carbocycles. The molecule has 0 saturated heterocycles. The smallest absolute Gasteiger partial charge is 0.255 e. The molecule has 134 valence electrons. The Morgan fingerprint density at radius 1 is 1.36 bits per heavy atom. The molecule has 1 amide bonds. The second-order valence-electron chi connectivity index (χ2n) is 5.68. The fourth-order valence-corrected chi connectivity index (χ4v) is 3.52. The molecule has 2 rings (SSSR count). The average Bonchev–Trinajstić information content (AvgIpc) is 2.52. The zero-order valence-electron chi connectivity index (χ0n) is 14.3. The highest BCUT2D eigenvalue weighted by molar-refractivity contribution is 7.99. The number of halogens is 1. The summed E-state index contributed by atoms with van der Waals surface area (Å²) in [5, 5.41) is 12.6. The van der Waals surface area contributed by atoms with Crippen LogP contribution in [-0.2, 0) is 11.2 Å². The van der Waals surface area contributed by atoms with Crippen molar-refractivity contribution in [3.8, 4) is 0 Å². The lowest BCUT2D eigenvalue weighted by atomic mass is 10.1. The second kappa shape index (κ2) is 8.51. The normalized spacial score (nSPS) is 10.8. The van der Waals surface area contributed by atoms with Gasteiger partial charge in [0.2, 0.25) is 5.91 Å². The van der Waals surface area contributed by atoms with Crippen molar-refractivity contribution in [2.24, 2.45) is 0 Å². The number of anilines is 1. The number of carbonyl (C=O) groups excluding carboxylic acids is 1. The van der Waals surface area contributed by atoms with Gasteiger partial charge >= 0.3 is 0 Å². The van der Waals surface area contributed by atoms with E-state index >= 15 is 0 Å². The van der Waals surface area contributed by atoms with Gasteiger partial charge in [-0.3, -0.25) is 9.59 Å². The molecule has 6 nitrogen and oxygen atoms in total. The van der Waals surface area contributed by atoms with Crippen molar-refractivity contribution in [1.82, 2.24) is 9.97 Å². The van der Waals surface area contributed by atoms with E-state index < -0.39 is 0 Å². The maximum absolute atomic E-state index is 12.2. The van der Waals surface area contributed by atoms with Gasteiger partial charge in [0.25, 0.3) is 5.56 Å². The maximum atomic E-state index is 12.2. The molecule has 0 saturated carbocycles. The van der Waals surface area contributed by atoms with Crippen LogP contribution in [0.1, 0.15) is 22.4 Å². The number of aromatic nitrogens is 2. The number of thioether (sulfide) groups is 1. The Morgan fingerprint density at radius 3 is 2.68 bits per heavy atom. The zero-order valence-corrected chi connectivity index (χ0v) is 15.8.